The van der Waals surface area contributed by atoms with Gasteiger partial charge in [0.1, 0.15) is 16.5 Å². The van der Waals surface area contributed by atoms with Crippen LogP contribution in [0.5, 0.6) is 0 Å². The summed E-state index contributed by atoms with van der Waals surface area (Å²) in [5.41, 5.74) is 2.19. The van der Waals surface area contributed by atoms with E-state index in [1.165, 1.54) is 10.4 Å². The van der Waals surface area contributed by atoms with Gasteiger partial charge in [0.15, 0.2) is 0 Å². The Bertz CT molecular complexity index is 1110. The third-order valence-electron chi connectivity index (χ3n) is 5.22. The highest BCUT2D eigenvalue weighted by Crippen LogP contribution is 2.39. The van der Waals surface area contributed by atoms with Crippen LogP contribution in [0, 0.1) is 0 Å². The van der Waals surface area contributed by atoms with Gasteiger partial charge in [-0.2, -0.15) is 0 Å². The topological polar surface area (TPSA) is 63.2 Å². The number of hydrogen-bond donors (Lipinski definition) is 1. The number of anilines is 1. The van der Waals surface area contributed by atoms with E-state index < -0.39 is 0 Å². The Morgan fingerprint density at radius 2 is 2.03 bits per heavy atom. The molecule has 0 bridgehead atoms. The Morgan fingerprint density at radius 3 is 2.80 bits per heavy atom. The monoisotopic (exact) mass is 437 g/mol. The molecule has 0 amide bonds. The van der Waals surface area contributed by atoms with Gasteiger partial charge >= 0.3 is 0 Å². The number of pyridine rings is 1. The average Bonchev–Trinajstić information content (AvgIpc) is 3.45. The molecule has 30 heavy (non-hydrogen) atoms. The van der Waals surface area contributed by atoms with Crippen molar-refractivity contribution in [1.82, 2.24) is 19.9 Å². The second kappa shape index (κ2) is 8.77. The Balaban J connectivity index is 1.54. The zero-order valence-electron chi connectivity index (χ0n) is 16.7. The number of fused-ring (bicyclic) bond motifs is 1. The molecule has 1 saturated heterocycles. The number of thiophene rings is 2. The van der Waals surface area contributed by atoms with E-state index in [4.69, 9.17) is 14.7 Å². The fourth-order valence-corrected chi connectivity index (χ4v) is 5.43. The van der Waals surface area contributed by atoms with Crippen LogP contribution in [-0.4, -0.2) is 46.2 Å². The Morgan fingerprint density at radius 1 is 1.13 bits per heavy atom. The van der Waals surface area contributed by atoms with Gasteiger partial charge in [0, 0.05) is 35.1 Å². The number of ether oxygens (including phenoxy) is 1. The minimum atomic E-state index is 0.0385. The second-order valence-electron chi connectivity index (χ2n) is 7.30. The minimum Gasteiger partial charge on any atom is -0.379 e. The molecule has 5 rings (SSSR count). The number of aromatic nitrogens is 3. The van der Waals surface area contributed by atoms with Crippen LogP contribution < -0.4 is 5.32 Å². The maximum atomic E-state index is 5.48. The first kappa shape index (κ1) is 19.6. The predicted molar refractivity (Wildman–Crippen MR) is 123 cm³/mol. The summed E-state index contributed by atoms with van der Waals surface area (Å²) in [6.07, 6.45) is 1.83. The summed E-state index contributed by atoms with van der Waals surface area (Å²) in [6.45, 7) is 6.23. The molecule has 1 fully saturated rings. The van der Waals surface area contributed by atoms with Crippen LogP contribution in [0.25, 0.3) is 20.7 Å². The maximum absolute atomic E-state index is 5.48. The maximum Gasteiger partial charge on any atom is 0.146 e. The number of rotatable bonds is 6. The lowest BCUT2D eigenvalue weighted by atomic mass is 10.1. The molecule has 1 N–H and O–H groups in total. The molecule has 1 atom stereocenters. The van der Waals surface area contributed by atoms with Gasteiger partial charge < -0.3 is 10.1 Å². The Labute approximate surface area is 183 Å². The molecular formula is C22H23N5OS2. The van der Waals surface area contributed by atoms with E-state index in [0.29, 0.717) is 0 Å². The molecule has 0 aliphatic carbocycles. The van der Waals surface area contributed by atoms with E-state index in [1.807, 2.05) is 24.4 Å². The van der Waals surface area contributed by atoms with Crippen molar-refractivity contribution in [2.24, 2.45) is 0 Å². The largest absolute Gasteiger partial charge is 0.379 e. The summed E-state index contributed by atoms with van der Waals surface area (Å²) in [4.78, 5) is 19.0. The van der Waals surface area contributed by atoms with E-state index in [0.717, 1.165) is 60.4 Å². The first-order valence-corrected chi connectivity index (χ1v) is 11.8. The molecule has 6 nitrogen and oxygen atoms in total. The van der Waals surface area contributed by atoms with Crippen LogP contribution in [0.4, 0.5) is 5.82 Å². The fourth-order valence-electron chi connectivity index (χ4n) is 3.64. The lowest BCUT2D eigenvalue weighted by Crippen LogP contribution is -2.36. The van der Waals surface area contributed by atoms with Crippen molar-refractivity contribution >= 4 is 38.7 Å². The second-order valence-corrected chi connectivity index (χ2v) is 9.11. The van der Waals surface area contributed by atoms with Gasteiger partial charge in [-0.25, -0.2) is 9.97 Å². The first-order valence-electron chi connectivity index (χ1n) is 10.1. The normalized spacial score (nSPS) is 16.0. The third-order valence-corrected chi connectivity index (χ3v) is 7.00. The zero-order chi connectivity index (χ0) is 20.3. The van der Waals surface area contributed by atoms with Crippen LogP contribution in [0.15, 0.2) is 47.3 Å². The highest BCUT2D eigenvalue weighted by molar-refractivity contribution is 7.18. The highest BCUT2D eigenvalue weighted by Gasteiger charge is 2.20. The van der Waals surface area contributed by atoms with E-state index in [1.54, 1.807) is 22.7 Å². The molecule has 154 valence electrons. The van der Waals surface area contributed by atoms with Gasteiger partial charge in [0.25, 0.3) is 0 Å². The molecule has 0 spiro atoms. The standard InChI is InChI=1S/C22H23N5OS2/c1-15(17-5-2-3-7-23-17)24-21-20-16(18-6-4-12-29-18)14-30-22(20)26-19(25-21)13-27-8-10-28-11-9-27/h2-7,12,14-15H,8-11,13H2,1H3,(H,24,25,26)/t15-/m1/s1. The van der Waals surface area contributed by atoms with Gasteiger partial charge in [-0.05, 0) is 30.5 Å². The summed E-state index contributed by atoms with van der Waals surface area (Å²) in [7, 11) is 0. The van der Waals surface area contributed by atoms with Gasteiger partial charge in [0.2, 0.25) is 0 Å². The van der Waals surface area contributed by atoms with Crippen molar-refractivity contribution in [2.45, 2.75) is 19.5 Å². The lowest BCUT2D eigenvalue weighted by molar-refractivity contribution is 0.0331. The molecule has 0 aromatic carbocycles. The Kier molecular flexibility index (Phi) is 5.72. The average molecular weight is 438 g/mol. The van der Waals surface area contributed by atoms with Crippen molar-refractivity contribution in [3.05, 3.63) is 58.8 Å². The number of hydrogen-bond acceptors (Lipinski definition) is 8. The molecule has 0 radical (unpaired) electrons. The molecule has 5 heterocycles. The van der Waals surface area contributed by atoms with E-state index in [2.05, 4.69) is 45.0 Å². The predicted octanol–water partition coefficient (Wildman–Crippen LogP) is 4.82. The fraction of sp³-hybridized carbons (Fsp3) is 0.318. The molecule has 0 saturated carbocycles. The summed E-state index contributed by atoms with van der Waals surface area (Å²) < 4.78 is 5.48. The minimum absolute atomic E-state index is 0.0385. The van der Waals surface area contributed by atoms with Gasteiger partial charge in [0.05, 0.1) is 36.9 Å². The SMILES string of the molecule is C[C@@H](Nc1nc(CN2CCOCC2)nc2scc(-c3cccs3)c12)c1ccccn1. The lowest BCUT2D eigenvalue weighted by Gasteiger charge is -2.26. The van der Waals surface area contributed by atoms with Crippen LogP contribution >= 0.6 is 22.7 Å². The smallest absolute Gasteiger partial charge is 0.146 e. The molecule has 0 unspecified atom stereocenters. The van der Waals surface area contributed by atoms with Crippen LogP contribution in [-0.2, 0) is 11.3 Å². The Hall–Kier alpha value is -2.39. The van der Waals surface area contributed by atoms with Crippen molar-refractivity contribution in [1.29, 1.82) is 0 Å². The van der Waals surface area contributed by atoms with E-state index >= 15 is 0 Å². The van der Waals surface area contributed by atoms with E-state index in [9.17, 15) is 0 Å². The number of morpholine rings is 1. The van der Waals surface area contributed by atoms with Crippen LogP contribution in [0.2, 0.25) is 0 Å². The van der Waals surface area contributed by atoms with Gasteiger partial charge in [-0.1, -0.05) is 12.1 Å². The zero-order valence-corrected chi connectivity index (χ0v) is 18.4. The van der Waals surface area contributed by atoms with E-state index in [-0.39, 0.29) is 6.04 Å². The number of nitrogens with one attached hydrogen (secondary N) is 1. The molecule has 1 aliphatic rings. The van der Waals surface area contributed by atoms with Gasteiger partial charge in [-0.15, -0.1) is 22.7 Å². The molecule has 4 aromatic rings. The third kappa shape index (κ3) is 4.09. The highest BCUT2D eigenvalue weighted by atomic mass is 32.1. The molecular weight excluding hydrogens is 414 g/mol. The first-order chi connectivity index (χ1) is 14.8. The molecule has 1 aliphatic heterocycles. The molecule has 8 heteroatoms. The summed E-state index contributed by atoms with van der Waals surface area (Å²) in [5, 5.41) is 9.02. The van der Waals surface area contributed by atoms with Crippen molar-refractivity contribution in [2.75, 3.05) is 31.6 Å². The van der Waals surface area contributed by atoms with Crippen LogP contribution in [0.1, 0.15) is 24.5 Å². The van der Waals surface area contributed by atoms with Crippen molar-refractivity contribution < 1.29 is 4.74 Å². The number of nitrogens with zero attached hydrogens (tertiary/aromatic N) is 4. The van der Waals surface area contributed by atoms with Crippen LogP contribution in [0.3, 0.4) is 0 Å². The molecule has 4 aromatic heterocycles. The van der Waals surface area contributed by atoms with Crippen molar-refractivity contribution in [3.63, 3.8) is 0 Å². The summed E-state index contributed by atoms with van der Waals surface area (Å²) >= 11 is 3.42. The quantitative estimate of drug-likeness (QED) is 0.467. The summed E-state index contributed by atoms with van der Waals surface area (Å²) in [6, 6.07) is 10.3. The van der Waals surface area contributed by atoms with Gasteiger partial charge in [-0.3, -0.25) is 9.88 Å². The van der Waals surface area contributed by atoms with Crippen molar-refractivity contribution in [3.8, 4) is 10.4 Å². The summed E-state index contributed by atoms with van der Waals surface area (Å²) in [5.74, 6) is 1.73.